The van der Waals surface area contributed by atoms with Crippen LogP contribution in [0.15, 0.2) is 18.2 Å². The summed E-state index contributed by atoms with van der Waals surface area (Å²) in [5.74, 6) is 0.345. The topological polar surface area (TPSA) is 143 Å². The minimum absolute atomic E-state index is 0.0930. The molecule has 1 aromatic rings. The minimum atomic E-state index is -1.51. The number of hydrogen-bond acceptors (Lipinski definition) is 9. The van der Waals surface area contributed by atoms with Gasteiger partial charge < -0.3 is 45.0 Å². The molecule has 1 spiro atoms. The number of aliphatic hydroxyl groups excluding tert-OH is 5. The van der Waals surface area contributed by atoms with Crippen LogP contribution in [0.4, 0.5) is 0 Å². The Morgan fingerprint density at radius 2 is 1.77 bits per heavy atom. The standard InChI is InChI=1S/C31H45NO8/c1-3-4-5-6-7-8-9-22-25(36)26(37)27(38)29(39-22)24(35)17-15-21(34)28-23-16(17)14-19-18-10-11-20(33)30(40-28)31(18,23)12-13-32(19)2/h10-11,15,18-20,22,24-27,29-30,33-38H,3-9,12-14H2,1-2H3/t18-,19+,20-,22?,24?,25-,26+,27-,29+,30-,31-/m0/s1. The summed E-state index contributed by atoms with van der Waals surface area (Å²) in [5.41, 5.74) is 1.61. The third-order valence-electron chi connectivity index (χ3n) is 10.5. The highest BCUT2D eigenvalue weighted by molar-refractivity contribution is 5.64. The van der Waals surface area contributed by atoms with Crippen LogP contribution >= 0.6 is 0 Å². The number of unbranched alkanes of at least 4 members (excludes halogenated alkanes) is 5. The average molecular weight is 560 g/mol. The van der Waals surface area contributed by atoms with Crippen LogP contribution in [-0.4, -0.2) is 97.9 Å². The lowest BCUT2D eigenvalue weighted by Crippen LogP contribution is -2.65. The van der Waals surface area contributed by atoms with Gasteiger partial charge in [0.15, 0.2) is 11.5 Å². The highest BCUT2D eigenvalue weighted by Crippen LogP contribution is 2.63. The van der Waals surface area contributed by atoms with Crippen molar-refractivity contribution in [2.75, 3.05) is 13.6 Å². The number of aromatic hydroxyl groups is 1. The molecule has 2 saturated heterocycles. The van der Waals surface area contributed by atoms with E-state index in [1.807, 2.05) is 0 Å². The third-order valence-corrected chi connectivity index (χ3v) is 10.5. The van der Waals surface area contributed by atoms with Gasteiger partial charge in [-0.3, -0.25) is 0 Å². The van der Waals surface area contributed by atoms with E-state index in [2.05, 4.69) is 24.9 Å². The highest BCUT2D eigenvalue weighted by Gasteiger charge is 2.65. The molecule has 222 valence electrons. The maximum Gasteiger partial charge on any atom is 0.165 e. The molecule has 6 N–H and O–H groups in total. The smallest absolute Gasteiger partial charge is 0.165 e. The molecule has 40 heavy (non-hydrogen) atoms. The molecule has 0 aromatic heterocycles. The van der Waals surface area contributed by atoms with Gasteiger partial charge in [0.05, 0.1) is 6.10 Å². The van der Waals surface area contributed by atoms with Crippen LogP contribution in [0.2, 0.25) is 0 Å². The molecule has 11 atom stereocenters. The Balaban J connectivity index is 1.31. The van der Waals surface area contributed by atoms with Crippen molar-refractivity contribution in [3.63, 3.8) is 0 Å². The molecule has 0 radical (unpaired) electrons. The number of ether oxygens (including phenoxy) is 2. The second kappa shape index (κ2) is 10.8. The second-order valence-corrected chi connectivity index (χ2v) is 12.8. The first-order valence-corrected chi connectivity index (χ1v) is 15.2. The van der Waals surface area contributed by atoms with Gasteiger partial charge in [0.25, 0.3) is 0 Å². The number of phenols is 1. The Morgan fingerprint density at radius 1 is 1.02 bits per heavy atom. The summed E-state index contributed by atoms with van der Waals surface area (Å²) in [7, 11) is 2.09. The SMILES string of the molecule is CCCCCCCCC1O[C@H](C(O)c2cc(O)c3c4c2C[C@@H]2[C@@H]5C=C[C@H](O)[C@H](O3)[C@]45CCN2C)[C@@H](O)[C@H](O)[C@H]1O. The number of phenolic OH excluding ortho intramolecular Hbond substituents is 1. The molecule has 0 saturated carbocycles. The Labute approximate surface area is 236 Å². The van der Waals surface area contributed by atoms with E-state index in [0.29, 0.717) is 24.2 Å². The Hall–Kier alpha value is -1.72. The number of rotatable bonds is 9. The van der Waals surface area contributed by atoms with Crippen LogP contribution in [0, 0.1) is 5.92 Å². The molecule has 6 rings (SSSR count). The predicted octanol–water partition coefficient (Wildman–Crippen LogP) is 1.83. The molecule has 9 heteroatoms. The largest absolute Gasteiger partial charge is 0.504 e. The Bertz CT molecular complexity index is 1130. The molecule has 0 amide bonds. The van der Waals surface area contributed by atoms with Crippen LogP contribution in [0.25, 0.3) is 0 Å². The van der Waals surface area contributed by atoms with E-state index in [0.717, 1.165) is 56.2 Å². The Kier molecular flexibility index (Phi) is 7.70. The first-order valence-electron chi connectivity index (χ1n) is 15.2. The molecule has 2 bridgehead atoms. The van der Waals surface area contributed by atoms with Crippen molar-refractivity contribution >= 4 is 0 Å². The fourth-order valence-electron chi connectivity index (χ4n) is 8.40. The van der Waals surface area contributed by atoms with Gasteiger partial charge >= 0.3 is 0 Å². The molecular formula is C31H45NO8. The average Bonchev–Trinajstić information content (AvgIpc) is 3.30. The van der Waals surface area contributed by atoms with Crippen LogP contribution in [-0.2, 0) is 16.6 Å². The van der Waals surface area contributed by atoms with Crippen molar-refractivity contribution in [1.82, 2.24) is 4.90 Å². The zero-order valence-electron chi connectivity index (χ0n) is 23.5. The van der Waals surface area contributed by atoms with Crippen LogP contribution < -0.4 is 4.74 Å². The number of hydrogen-bond donors (Lipinski definition) is 6. The van der Waals surface area contributed by atoms with Gasteiger partial charge in [0, 0.05) is 22.9 Å². The summed E-state index contributed by atoms with van der Waals surface area (Å²) < 4.78 is 12.4. The molecule has 2 fully saturated rings. The number of piperidine rings is 1. The van der Waals surface area contributed by atoms with Gasteiger partial charge in [-0.05, 0) is 50.0 Å². The molecule has 2 aliphatic carbocycles. The molecule has 2 unspecified atom stereocenters. The van der Waals surface area contributed by atoms with E-state index in [9.17, 15) is 30.6 Å². The number of nitrogens with zero attached hydrogens (tertiary/aromatic N) is 1. The van der Waals surface area contributed by atoms with E-state index < -0.39 is 54.2 Å². The van der Waals surface area contributed by atoms with Crippen LogP contribution in [0.1, 0.15) is 81.1 Å². The summed E-state index contributed by atoms with van der Waals surface area (Å²) in [6.45, 7) is 2.99. The summed E-state index contributed by atoms with van der Waals surface area (Å²) in [5, 5.41) is 66.2. The van der Waals surface area contributed by atoms with Gasteiger partial charge in [-0.1, -0.05) is 57.6 Å². The zero-order chi connectivity index (χ0) is 28.3. The summed E-state index contributed by atoms with van der Waals surface area (Å²) in [4.78, 5) is 2.31. The van der Waals surface area contributed by atoms with Crippen molar-refractivity contribution in [3.05, 3.63) is 34.9 Å². The number of likely N-dealkylation sites (N-methyl/N-ethyl adjacent to an activating group) is 1. The van der Waals surface area contributed by atoms with Crippen LogP contribution in [0.3, 0.4) is 0 Å². The molecule has 1 aromatic carbocycles. The van der Waals surface area contributed by atoms with Gasteiger partial charge in [0.2, 0.25) is 0 Å². The fourth-order valence-corrected chi connectivity index (χ4v) is 8.40. The highest BCUT2D eigenvalue weighted by atomic mass is 16.5. The van der Waals surface area contributed by atoms with Crippen molar-refractivity contribution in [3.8, 4) is 11.5 Å². The summed E-state index contributed by atoms with van der Waals surface area (Å²) >= 11 is 0. The predicted molar refractivity (Wildman–Crippen MR) is 147 cm³/mol. The molecule has 5 aliphatic rings. The normalized spacial score (nSPS) is 40.5. The maximum atomic E-state index is 11.8. The Morgan fingerprint density at radius 3 is 2.55 bits per heavy atom. The first kappa shape index (κ1) is 28.4. The third kappa shape index (κ3) is 4.23. The summed E-state index contributed by atoms with van der Waals surface area (Å²) in [6.07, 6.45) is 3.34. The lowest BCUT2D eigenvalue weighted by Gasteiger charge is -2.56. The van der Waals surface area contributed by atoms with Gasteiger partial charge in [0.1, 0.15) is 42.7 Å². The quantitative estimate of drug-likeness (QED) is 0.197. The lowest BCUT2D eigenvalue weighted by atomic mass is 9.53. The number of aliphatic hydroxyl groups is 5. The lowest BCUT2D eigenvalue weighted by molar-refractivity contribution is -0.245. The van der Waals surface area contributed by atoms with E-state index >= 15 is 0 Å². The van der Waals surface area contributed by atoms with E-state index in [-0.39, 0.29) is 17.7 Å². The first-order chi connectivity index (χ1) is 19.2. The van der Waals surface area contributed by atoms with Crippen LogP contribution in [0.5, 0.6) is 11.5 Å². The fraction of sp³-hybridized carbons (Fsp3) is 0.742. The maximum absolute atomic E-state index is 11.8. The number of likely N-dealkylation sites (tertiary alicyclic amines) is 1. The molecule has 3 aliphatic heterocycles. The van der Waals surface area contributed by atoms with E-state index in [4.69, 9.17) is 9.47 Å². The second-order valence-electron chi connectivity index (χ2n) is 12.8. The van der Waals surface area contributed by atoms with Crippen molar-refractivity contribution in [2.24, 2.45) is 5.92 Å². The van der Waals surface area contributed by atoms with Gasteiger partial charge in [-0.15, -0.1) is 0 Å². The van der Waals surface area contributed by atoms with Gasteiger partial charge in [-0.25, -0.2) is 0 Å². The van der Waals surface area contributed by atoms with E-state index in [1.165, 1.54) is 12.5 Å². The van der Waals surface area contributed by atoms with Crippen molar-refractivity contribution < 1.29 is 40.1 Å². The van der Waals surface area contributed by atoms with Crippen molar-refractivity contribution in [1.29, 1.82) is 0 Å². The molecule has 3 heterocycles. The van der Waals surface area contributed by atoms with E-state index in [1.54, 1.807) is 6.08 Å². The minimum Gasteiger partial charge on any atom is -0.504 e. The summed E-state index contributed by atoms with van der Waals surface area (Å²) in [6, 6.07) is 1.60. The van der Waals surface area contributed by atoms with Crippen molar-refractivity contribution in [2.45, 2.75) is 125 Å². The van der Waals surface area contributed by atoms with Gasteiger partial charge in [-0.2, -0.15) is 0 Å². The molecular weight excluding hydrogens is 514 g/mol. The zero-order valence-corrected chi connectivity index (χ0v) is 23.5. The molecule has 9 nitrogen and oxygen atoms in total. The monoisotopic (exact) mass is 559 g/mol. The number of benzene rings is 1.